The minimum absolute atomic E-state index is 0.141. The van der Waals surface area contributed by atoms with Crippen molar-refractivity contribution in [1.29, 1.82) is 0 Å². The quantitative estimate of drug-likeness (QED) is 0.722. The lowest BCUT2D eigenvalue weighted by Gasteiger charge is -2.10. The summed E-state index contributed by atoms with van der Waals surface area (Å²) in [5.41, 5.74) is 1.65. The molecule has 1 aromatic heterocycles. The van der Waals surface area contributed by atoms with E-state index in [4.69, 9.17) is 0 Å². The van der Waals surface area contributed by atoms with Crippen molar-refractivity contribution in [2.24, 2.45) is 4.99 Å². The van der Waals surface area contributed by atoms with Crippen LogP contribution in [0.25, 0.3) is 6.08 Å². The number of amidine groups is 1. The van der Waals surface area contributed by atoms with E-state index in [0.29, 0.717) is 24.5 Å². The predicted molar refractivity (Wildman–Crippen MR) is 114 cm³/mol. The third-order valence-corrected chi connectivity index (χ3v) is 6.73. The fourth-order valence-electron chi connectivity index (χ4n) is 2.78. The molecule has 3 rings (SSSR count). The molecule has 2 aromatic rings. The number of sulfonamides is 1. The SMILES string of the molecule is Cc1ccsc1/C=C/C(=O)Nc1ccc(S(=O)(=O)NC2=NCCCCC2)cc1. The molecule has 2 heterocycles. The van der Waals surface area contributed by atoms with E-state index in [1.165, 1.54) is 18.2 Å². The van der Waals surface area contributed by atoms with Crippen molar-refractivity contribution in [1.82, 2.24) is 4.72 Å². The lowest BCUT2D eigenvalue weighted by atomic mass is 10.2. The number of anilines is 1. The Balaban J connectivity index is 1.62. The lowest BCUT2D eigenvalue weighted by molar-refractivity contribution is -0.111. The van der Waals surface area contributed by atoms with Crippen LogP contribution in [-0.4, -0.2) is 26.7 Å². The van der Waals surface area contributed by atoms with Gasteiger partial charge in [0.1, 0.15) is 5.84 Å². The smallest absolute Gasteiger partial charge is 0.262 e. The number of amides is 1. The van der Waals surface area contributed by atoms with Gasteiger partial charge >= 0.3 is 0 Å². The van der Waals surface area contributed by atoms with Gasteiger partial charge in [-0.25, -0.2) is 8.42 Å². The Morgan fingerprint density at radius 1 is 1.14 bits per heavy atom. The molecule has 0 bridgehead atoms. The highest BCUT2D eigenvalue weighted by Gasteiger charge is 2.17. The average molecular weight is 418 g/mol. The summed E-state index contributed by atoms with van der Waals surface area (Å²) in [5, 5.41) is 4.71. The molecular formula is C20H23N3O3S2. The van der Waals surface area contributed by atoms with E-state index in [9.17, 15) is 13.2 Å². The molecule has 0 atom stereocenters. The van der Waals surface area contributed by atoms with Crippen LogP contribution in [0.2, 0.25) is 0 Å². The molecule has 0 radical (unpaired) electrons. The molecule has 0 spiro atoms. The third-order valence-electron chi connectivity index (χ3n) is 4.35. The Labute approximate surface area is 169 Å². The lowest BCUT2D eigenvalue weighted by Crippen LogP contribution is -2.30. The molecule has 0 fully saturated rings. The summed E-state index contributed by atoms with van der Waals surface area (Å²) in [5.74, 6) is 0.248. The minimum atomic E-state index is -3.67. The van der Waals surface area contributed by atoms with E-state index in [2.05, 4.69) is 15.0 Å². The maximum absolute atomic E-state index is 12.5. The van der Waals surface area contributed by atoms with Gasteiger partial charge < -0.3 is 5.32 Å². The topological polar surface area (TPSA) is 87.6 Å². The largest absolute Gasteiger partial charge is 0.323 e. The van der Waals surface area contributed by atoms with Crippen LogP contribution in [0, 0.1) is 6.92 Å². The fourth-order valence-corrected chi connectivity index (χ4v) is 4.69. The summed E-state index contributed by atoms with van der Waals surface area (Å²) in [4.78, 5) is 17.5. The molecule has 8 heteroatoms. The minimum Gasteiger partial charge on any atom is -0.323 e. The summed E-state index contributed by atoms with van der Waals surface area (Å²) < 4.78 is 27.6. The molecule has 0 saturated heterocycles. The first kappa shape index (κ1) is 20.3. The van der Waals surface area contributed by atoms with E-state index in [1.54, 1.807) is 29.5 Å². The highest BCUT2D eigenvalue weighted by molar-refractivity contribution is 7.90. The number of carbonyl (C=O) groups excluding carboxylic acids is 1. The van der Waals surface area contributed by atoms with E-state index < -0.39 is 10.0 Å². The van der Waals surface area contributed by atoms with E-state index in [0.717, 1.165) is 29.7 Å². The number of hydrogen-bond donors (Lipinski definition) is 2. The zero-order valence-electron chi connectivity index (χ0n) is 15.6. The number of rotatable bonds is 5. The number of benzene rings is 1. The van der Waals surface area contributed by atoms with Crippen molar-refractivity contribution in [2.45, 2.75) is 37.5 Å². The van der Waals surface area contributed by atoms with Crippen molar-refractivity contribution in [3.63, 3.8) is 0 Å². The predicted octanol–water partition coefficient (Wildman–Crippen LogP) is 3.96. The van der Waals surface area contributed by atoms with Crippen LogP contribution in [-0.2, 0) is 14.8 Å². The van der Waals surface area contributed by atoms with Gasteiger partial charge in [0, 0.05) is 29.6 Å². The number of carbonyl (C=O) groups is 1. The van der Waals surface area contributed by atoms with Crippen LogP contribution in [0.5, 0.6) is 0 Å². The number of nitrogens with one attached hydrogen (secondary N) is 2. The van der Waals surface area contributed by atoms with Crippen LogP contribution < -0.4 is 10.0 Å². The zero-order chi connectivity index (χ0) is 20.0. The maximum Gasteiger partial charge on any atom is 0.262 e. The van der Waals surface area contributed by atoms with E-state index in [1.807, 2.05) is 18.4 Å². The van der Waals surface area contributed by atoms with Crippen LogP contribution >= 0.6 is 11.3 Å². The Bertz CT molecular complexity index is 990. The van der Waals surface area contributed by atoms with Gasteiger partial charge in [-0.1, -0.05) is 6.42 Å². The normalized spacial score (nSPS) is 15.1. The number of hydrogen-bond acceptors (Lipinski definition) is 5. The highest BCUT2D eigenvalue weighted by atomic mass is 32.2. The Kier molecular flexibility index (Phi) is 6.64. The molecule has 6 nitrogen and oxygen atoms in total. The van der Waals surface area contributed by atoms with Gasteiger partial charge in [-0.05, 0) is 67.1 Å². The molecule has 1 aliphatic heterocycles. The Hall–Kier alpha value is -2.45. The maximum atomic E-state index is 12.5. The first-order valence-corrected chi connectivity index (χ1v) is 11.5. The van der Waals surface area contributed by atoms with Gasteiger partial charge in [-0.3, -0.25) is 14.5 Å². The summed E-state index contributed by atoms with van der Waals surface area (Å²) in [6, 6.07) is 8.10. The number of nitrogens with zero attached hydrogens (tertiary/aromatic N) is 1. The second kappa shape index (κ2) is 9.16. The van der Waals surface area contributed by atoms with Gasteiger partial charge in [0.25, 0.3) is 10.0 Å². The molecule has 0 unspecified atom stereocenters. The molecule has 1 amide bonds. The molecule has 2 N–H and O–H groups in total. The highest BCUT2D eigenvalue weighted by Crippen LogP contribution is 2.18. The molecule has 148 valence electrons. The fraction of sp³-hybridized carbons (Fsp3) is 0.300. The molecule has 1 aromatic carbocycles. The summed E-state index contributed by atoms with van der Waals surface area (Å²) in [7, 11) is -3.67. The van der Waals surface area contributed by atoms with Gasteiger partial charge in [0.2, 0.25) is 5.91 Å². The molecular weight excluding hydrogens is 394 g/mol. The number of aryl methyl sites for hydroxylation is 1. The standard InChI is InChI=1S/C20H23N3O3S2/c1-15-12-14-27-18(15)10-11-20(24)22-16-6-8-17(9-7-16)28(25,26)23-19-5-3-2-4-13-21-19/h6-12,14H,2-5,13H2,1H3,(H,21,23)(H,22,24)/b11-10+. The van der Waals surface area contributed by atoms with Gasteiger partial charge in [-0.15, -0.1) is 11.3 Å². The zero-order valence-corrected chi connectivity index (χ0v) is 17.3. The Morgan fingerprint density at radius 2 is 1.93 bits per heavy atom. The first-order chi connectivity index (χ1) is 13.4. The summed E-state index contributed by atoms with van der Waals surface area (Å²) in [6.45, 7) is 2.64. The van der Waals surface area contributed by atoms with Gasteiger partial charge in [0.05, 0.1) is 4.90 Å². The molecule has 0 aliphatic carbocycles. The second-order valence-corrected chi connectivity index (χ2v) is 9.19. The molecule has 28 heavy (non-hydrogen) atoms. The van der Waals surface area contributed by atoms with Crippen molar-refractivity contribution < 1.29 is 13.2 Å². The monoisotopic (exact) mass is 417 g/mol. The van der Waals surface area contributed by atoms with Crippen molar-refractivity contribution in [2.75, 3.05) is 11.9 Å². The number of thiophene rings is 1. The average Bonchev–Trinajstić information content (AvgIpc) is 2.90. The van der Waals surface area contributed by atoms with E-state index >= 15 is 0 Å². The summed E-state index contributed by atoms with van der Waals surface area (Å²) in [6.07, 6.45) is 6.86. The summed E-state index contributed by atoms with van der Waals surface area (Å²) >= 11 is 1.57. The van der Waals surface area contributed by atoms with E-state index in [-0.39, 0.29) is 10.8 Å². The third kappa shape index (κ3) is 5.53. The number of aliphatic imine (C=N–C) groups is 1. The van der Waals surface area contributed by atoms with Crippen LogP contribution in [0.15, 0.2) is 51.7 Å². The van der Waals surface area contributed by atoms with Crippen LogP contribution in [0.4, 0.5) is 5.69 Å². The van der Waals surface area contributed by atoms with Crippen molar-refractivity contribution in [3.05, 3.63) is 52.2 Å². The molecule has 1 aliphatic rings. The molecule has 0 saturated carbocycles. The van der Waals surface area contributed by atoms with Gasteiger partial charge in [0.15, 0.2) is 0 Å². The van der Waals surface area contributed by atoms with Crippen molar-refractivity contribution >= 4 is 44.9 Å². The second-order valence-electron chi connectivity index (χ2n) is 6.56. The van der Waals surface area contributed by atoms with Gasteiger partial charge in [-0.2, -0.15) is 0 Å². The van der Waals surface area contributed by atoms with Crippen LogP contribution in [0.1, 0.15) is 36.1 Å². The van der Waals surface area contributed by atoms with Crippen molar-refractivity contribution in [3.8, 4) is 0 Å². The first-order valence-electron chi connectivity index (χ1n) is 9.13. The Morgan fingerprint density at radius 3 is 2.64 bits per heavy atom. The van der Waals surface area contributed by atoms with Crippen LogP contribution in [0.3, 0.4) is 0 Å².